The zero-order valence-corrected chi connectivity index (χ0v) is 13.3. The molecule has 0 N–H and O–H groups in total. The molecule has 1 aromatic carbocycles. The molecule has 21 heavy (non-hydrogen) atoms. The lowest BCUT2D eigenvalue weighted by molar-refractivity contribution is -0.120. The van der Waals surface area contributed by atoms with Crippen molar-refractivity contribution in [2.24, 2.45) is 0 Å². The van der Waals surface area contributed by atoms with Crippen molar-refractivity contribution in [3.8, 4) is 0 Å². The van der Waals surface area contributed by atoms with Crippen molar-refractivity contribution < 1.29 is 13.9 Å². The summed E-state index contributed by atoms with van der Waals surface area (Å²) in [6.45, 7) is 5.92. The molecule has 1 rings (SSSR count). The lowest BCUT2D eigenvalue weighted by atomic mass is 10.1. The van der Waals surface area contributed by atoms with Crippen LogP contribution in [0.5, 0.6) is 0 Å². The van der Waals surface area contributed by atoms with Crippen LogP contribution >= 0.6 is 0 Å². The van der Waals surface area contributed by atoms with Crippen LogP contribution in [0, 0.1) is 5.82 Å². The van der Waals surface area contributed by atoms with E-state index in [0.717, 1.165) is 19.4 Å². The zero-order chi connectivity index (χ0) is 15.7. The van der Waals surface area contributed by atoms with Crippen LogP contribution in [-0.4, -0.2) is 43.5 Å². The fourth-order valence-corrected chi connectivity index (χ4v) is 2.54. The van der Waals surface area contributed by atoms with E-state index in [0.29, 0.717) is 24.8 Å². The van der Waals surface area contributed by atoms with Crippen LogP contribution in [0.4, 0.5) is 4.39 Å². The molecule has 0 atom stereocenters. The Labute approximate surface area is 127 Å². The minimum Gasteiger partial charge on any atom is -0.383 e. The second kappa shape index (κ2) is 9.64. The number of halogens is 1. The maximum absolute atomic E-state index is 13.6. The Hall–Kier alpha value is -1.26. The van der Waals surface area contributed by atoms with E-state index in [-0.39, 0.29) is 18.0 Å². The molecule has 0 bridgehead atoms. The van der Waals surface area contributed by atoms with Crippen LogP contribution in [-0.2, 0) is 16.0 Å². The summed E-state index contributed by atoms with van der Waals surface area (Å²) in [5.41, 5.74) is 0.471. The van der Waals surface area contributed by atoms with Gasteiger partial charge in [0.05, 0.1) is 13.2 Å². The van der Waals surface area contributed by atoms with Crippen molar-refractivity contribution in [3.63, 3.8) is 0 Å². The number of hydrogen-bond acceptors (Lipinski definition) is 3. The molecule has 1 aromatic rings. The van der Waals surface area contributed by atoms with Crippen LogP contribution in [0.15, 0.2) is 24.3 Å². The van der Waals surface area contributed by atoms with Gasteiger partial charge in [-0.25, -0.2) is 4.39 Å². The molecule has 118 valence electrons. The molecule has 0 aliphatic rings. The number of ketones is 1. The van der Waals surface area contributed by atoms with Gasteiger partial charge in [-0.15, -0.1) is 0 Å². The van der Waals surface area contributed by atoms with Crippen LogP contribution in [0.25, 0.3) is 0 Å². The molecule has 0 aromatic heterocycles. The average Bonchev–Trinajstić information content (AvgIpc) is 2.48. The number of rotatable bonds is 10. The quantitative estimate of drug-likeness (QED) is 0.664. The maximum Gasteiger partial charge on any atom is 0.151 e. The van der Waals surface area contributed by atoms with E-state index >= 15 is 0 Å². The summed E-state index contributed by atoms with van der Waals surface area (Å²) in [7, 11) is 1.66. The van der Waals surface area contributed by atoms with Gasteiger partial charge >= 0.3 is 0 Å². The first-order valence-corrected chi connectivity index (χ1v) is 7.60. The van der Waals surface area contributed by atoms with Crippen molar-refractivity contribution in [3.05, 3.63) is 35.6 Å². The third-order valence-electron chi connectivity index (χ3n) is 3.77. The fraction of sp³-hybridized carbons (Fsp3) is 0.588. The summed E-state index contributed by atoms with van der Waals surface area (Å²) in [6.07, 6.45) is 2.14. The highest BCUT2D eigenvalue weighted by atomic mass is 19.1. The van der Waals surface area contributed by atoms with Gasteiger partial charge in [0.1, 0.15) is 5.82 Å². The van der Waals surface area contributed by atoms with Crippen molar-refractivity contribution in [2.75, 3.05) is 26.8 Å². The molecular weight excluding hydrogens is 269 g/mol. The Morgan fingerprint density at radius 2 is 1.95 bits per heavy atom. The molecule has 0 unspecified atom stereocenters. The number of carbonyl (C=O) groups is 1. The highest BCUT2D eigenvalue weighted by Crippen LogP contribution is 2.11. The minimum atomic E-state index is -0.308. The summed E-state index contributed by atoms with van der Waals surface area (Å²) in [4.78, 5) is 14.4. The number of hydrogen-bond donors (Lipinski definition) is 0. The van der Waals surface area contributed by atoms with E-state index in [2.05, 4.69) is 18.7 Å². The van der Waals surface area contributed by atoms with Gasteiger partial charge in [-0.3, -0.25) is 9.69 Å². The summed E-state index contributed by atoms with van der Waals surface area (Å²) < 4.78 is 18.7. The van der Waals surface area contributed by atoms with Crippen LogP contribution in [0.3, 0.4) is 0 Å². The molecule has 0 saturated carbocycles. The molecule has 3 nitrogen and oxygen atoms in total. The van der Waals surface area contributed by atoms with Crippen LogP contribution < -0.4 is 0 Å². The SMILES string of the molecule is CCC(CC)N(CCOC)CC(=O)Cc1ccccc1F. The van der Waals surface area contributed by atoms with Gasteiger partial charge in [0.15, 0.2) is 5.78 Å². The highest BCUT2D eigenvalue weighted by molar-refractivity contribution is 5.82. The van der Waals surface area contributed by atoms with Gasteiger partial charge in [0, 0.05) is 26.1 Å². The molecular formula is C17H26FNO2. The van der Waals surface area contributed by atoms with Crippen molar-refractivity contribution in [1.82, 2.24) is 4.90 Å². The second-order valence-corrected chi connectivity index (χ2v) is 5.24. The third-order valence-corrected chi connectivity index (χ3v) is 3.77. The van der Waals surface area contributed by atoms with Gasteiger partial charge in [0.25, 0.3) is 0 Å². The van der Waals surface area contributed by atoms with Crippen molar-refractivity contribution in [1.29, 1.82) is 0 Å². The molecule has 0 saturated heterocycles. The lowest BCUT2D eigenvalue weighted by Gasteiger charge is -2.29. The first-order chi connectivity index (χ1) is 10.1. The summed E-state index contributed by atoms with van der Waals surface area (Å²) in [5, 5.41) is 0. The number of benzene rings is 1. The van der Waals surface area contributed by atoms with E-state index in [1.807, 2.05) is 0 Å². The van der Waals surface area contributed by atoms with Crippen molar-refractivity contribution >= 4 is 5.78 Å². The monoisotopic (exact) mass is 295 g/mol. The summed E-state index contributed by atoms with van der Waals surface area (Å²) in [5.74, 6) is -0.264. The number of carbonyl (C=O) groups excluding carboxylic acids is 1. The Morgan fingerprint density at radius 3 is 2.52 bits per heavy atom. The Bertz CT molecular complexity index is 433. The standard InChI is InChI=1S/C17H26FNO2/c1-4-15(5-2)19(10-11-21-3)13-16(20)12-14-8-6-7-9-17(14)18/h6-9,15H,4-5,10-13H2,1-3H3. The normalized spacial score (nSPS) is 11.3. The molecule has 0 aliphatic heterocycles. The lowest BCUT2D eigenvalue weighted by Crippen LogP contribution is -2.41. The molecule has 0 radical (unpaired) electrons. The number of Topliss-reactive ketones (excluding diaryl/α,β-unsaturated/α-hetero) is 1. The van der Waals surface area contributed by atoms with Gasteiger partial charge in [-0.2, -0.15) is 0 Å². The third kappa shape index (κ3) is 5.94. The summed E-state index contributed by atoms with van der Waals surface area (Å²) >= 11 is 0. The topological polar surface area (TPSA) is 29.5 Å². The largest absolute Gasteiger partial charge is 0.383 e. The summed E-state index contributed by atoms with van der Waals surface area (Å²) in [6, 6.07) is 6.83. The predicted molar refractivity (Wildman–Crippen MR) is 82.9 cm³/mol. The zero-order valence-electron chi connectivity index (χ0n) is 13.3. The molecule has 0 fully saturated rings. The average molecular weight is 295 g/mol. The van der Waals surface area contributed by atoms with E-state index in [4.69, 9.17) is 4.74 Å². The number of ether oxygens (including phenoxy) is 1. The smallest absolute Gasteiger partial charge is 0.151 e. The number of methoxy groups -OCH3 is 1. The minimum absolute atomic E-state index is 0.0445. The molecule has 0 spiro atoms. The highest BCUT2D eigenvalue weighted by Gasteiger charge is 2.18. The second-order valence-electron chi connectivity index (χ2n) is 5.24. The maximum atomic E-state index is 13.6. The molecule has 0 aliphatic carbocycles. The van der Waals surface area contributed by atoms with Gasteiger partial charge < -0.3 is 4.74 Å². The first kappa shape index (κ1) is 17.8. The molecule has 4 heteroatoms. The van der Waals surface area contributed by atoms with Crippen molar-refractivity contribution in [2.45, 2.75) is 39.2 Å². The Morgan fingerprint density at radius 1 is 1.29 bits per heavy atom. The van der Waals surface area contributed by atoms with Crippen LogP contribution in [0.2, 0.25) is 0 Å². The van der Waals surface area contributed by atoms with Gasteiger partial charge in [-0.1, -0.05) is 32.0 Å². The fourth-order valence-electron chi connectivity index (χ4n) is 2.54. The first-order valence-electron chi connectivity index (χ1n) is 7.60. The van der Waals surface area contributed by atoms with Gasteiger partial charge in [-0.05, 0) is 24.5 Å². The predicted octanol–water partition coefficient (Wildman–Crippen LogP) is 3.07. The molecule has 0 heterocycles. The van der Waals surface area contributed by atoms with Gasteiger partial charge in [0.2, 0.25) is 0 Å². The van der Waals surface area contributed by atoms with E-state index < -0.39 is 0 Å². The van der Waals surface area contributed by atoms with E-state index in [9.17, 15) is 9.18 Å². The van der Waals surface area contributed by atoms with E-state index in [1.54, 1.807) is 25.3 Å². The number of nitrogens with zero attached hydrogens (tertiary/aromatic N) is 1. The van der Waals surface area contributed by atoms with E-state index in [1.165, 1.54) is 6.07 Å². The van der Waals surface area contributed by atoms with Crippen LogP contribution in [0.1, 0.15) is 32.3 Å². The Balaban J connectivity index is 2.64. The Kier molecular flexibility index (Phi) is 8.16. The molecule has 0 amide bonds.